The lowest BCUT2D eigenvalue weighted by Crippen LogP contribution is -2.25. The summed E-state index contributed by atoms with van der Waals surface area (Å²) in [7, 11) is 3.20. The number of ether oxygens (including phenoxy) is 2. The fraction of sp³-hybridized carbons (Fsp3) is 0.250. The first-order valence-electron chi connectivity index (χ1n) is 8.67. The average Bonchev–Trinajstić information content (AvgIpc) is 3.21. The van der Waals surface area contributed by atoms with Crippen molar-refractivity contribution in [2.75, 3.05) is 20.8 Å². The van der Waals surface area contributed by atoms with Gasteiger partial charge in [0.2, 0.25) is 0 Å². The van der Waals surface area contributed by atoms with Crippen LogP contribution in [0.1, 0.15) is 22.1 Å². The van der Waals surface area contributed by atoms with Crippen molar-refractivity contribution in [2.24, 2.45) is 0 Å². The number of nitrogens with zero attached hydrogens (tertiary/aromatic N) is 2. The Kier molecular flexibility index (Phi) is 6.23. The van der Waals surface area contributed by atoms with Crippen molar-refractivity contribution in [3.63, 3.8) is 0 Å². The van der Waals surface area contributed by atoms with Gasteiger partial charge >= 0.3 is 0 Å². The molecule has 0 aliphatic carbocycles. The maximum atomic E-state index is 12.5. The Hall–Kier alpha value is -3.39. The lowest BCUT2D eigenvalue weighted by Gasteiger charge is -2.12. The number of benzene rings is 2. The van der Waals surface area contributed by atoms with Crippen LogP contribution in [0.15, 0.2) is 47.0 Å². The maximum Gasteiger partial charge on any atom is 0.252 e. The molecule has 0 atom stereocenters. The first-order valence-corrected chi connectivity index (χ1v) is 8.67. The molecule has 1 heterocycles. The largest absolute Gasteiger partial charge is 0.497 e. The minimum Gasteiger partial charge on any atom is -0.497 e. The highest BCUT2D eigenvalue weighted by molar-refractivity contribution is 5.95. The Morgan fingerprint density at radius 3 is 2.75 bits per heavy atom. The van der Waals surface area contributed by atoms with Crippen LogP contribution in [0.2, 0.25) is 0 Å². The Bertz CT molecular complexity index is 955. The molecule has 8 nitrogen and oxygen atoms in total. The number of rotatable bonds is 8. The number of hydrogen-bond acceptors (Lipinski definition) is 7. The third kappa shape index (κ3) is 4.47. The lowest BCUT2D eigenvalue weighted by atomic mass is 10.0. The molecular formula is C20H21N3O5. The number of carbonyl (C=O) groups excluding carboxylic acids is 1. The highest BCUT2D eigenvalue weighted by atomic mass is 16.5. The van der Waals surface area contributed by atoms with Crippen molar-refractivity contribution < 1.29 is 23.9 Å². The molecule has 3 rings (SSSR count). The van der Waals surface area contributed by atoms with E-state index in [1.807, 2.05) is 30.3 Å². The summed E-state index contributed by atoms with van der Waals surface area (Å²) in [5.74, 6) is 1.76. The average molecular weight is 383 g/mol. The molecule has 3 aromatic rings. The summed E-state index contributed by atoms with van der Waals surface area (Å²) in [4.78, 5) is 16.5. The fourth-order valence-corrected chi connectivity index (χ4v) is 2.71. The van der Waals surface area contributed by atoms with Crippen LogP contribution in [0.3, 0.4) is 0 Å². The van der Waals surface area contributed by atoms with E-state index in [2.05, 4.69) is 15.5 Å². The molecule has 1 aromatic heterocycles. The quantitative estimate of drug-likeness (QED) is 0.614. The normalized spacial score (nSPS) is 10.5. The minimum atomic E-state index is -0.306. The third-order valence-corrected chi connectivity index (χ3v) is 4.12. The second-order valence-corrected chi connectivity index (χ2v) is 5.92. The van der Waals surface area contributed by atoms with Gasteiger partial charge in [0.1, 0.15) is 18.1 Å². The zero-order valence-corrected chi connectivity index (χ0v) is 15.6. The second-order valence-electron chi connectivity index (χ2n) is 5.92. The van der Waals surface area contributed by atoms with Gasteiger partial charge in [0.15, 0.2) is 5.82 Å². The van der Waals surface area contributed by atoms with Gasteiger partial charge in [-0.1, -0.05) is 17.3 Å². The summed E-state index contributed by atoms with van der Waals surface area (Å²) < 4.78 is 15.5. The number of aliphatic hydroxyl groups is 1. The Morgan fingerprint density at radius 2 is 2.04 bits per heavy atom. The number of carbonyl (C=O) groups is 1. The van der Waals surface area contributed by atoms with Crippen molar-refractivity contribution in [3.05, 3.63) is 59.7 Å². The van der Waals surface area contributed by atoms with Gasteiger partial charge in [-0.3, -0.25) is 4.79 Å². The van der Waals surface area contributed by atoms with Crippen LogP contribution in [-0.4, -0.2) is 41.9 Å². The van der Waals surface area contributed by atoms with E-state index >= 15 is 0 Å². The minimum absolute atomic E-state index is 0.154. The van der Waals surface area contributed by atoms with E-state index in [1.165, 1.54) is 0 Å². The van der Waals surface area contributed by atoms with Crippen LogP contribution >= 0.6 is 0 Å². The number of aromatic nitrogens is 2. The summed E-state index contributed by atoms with van der Waals surface area (Å²) in [5, 5.41) is 15.5. The van der Waals surface area contributed by atoms with Crippen LogP contribution in [0.25, 0.3) is 11.1 Å². The molecule has 0 spiro atoms. The summed E-state index contributed by atoms with van der Waals surface area (Å²) >= 11 is 0. The summed E-state index contributed by atoms with van der Waals surface area (Å²) in [6, 6.07) is 12.8. The van der Waals surface area contributed by atoms with Crippen LogP contribution in [0, 0.1) is 0 Å². The summed E-state index contributed by atoms with van der Waals surface area (Å²) in [6.07, 6.45) is 0.401. The number of hydrogen-bond donors (Lipinski definition) is 2. The van der Waals surface area contributed by atoms with Gasteiger partial charge in [-0.2, -0.15) is 4.98 Å². The van der Waals surface area contributed by atoms with E-state index < -0.39 is 0 Å². The molecule has 0 fully saturated rings. The predicted molar refractivity (Wildman–Crippen MR) is 101 cm³/mol. The Morgan fingerprint density at radius 1 is 1.18 bits per heavy atom. The van der Waals surface area contributed by atoms with Crippen LogP contribution in [0.4, 0.5) is 0 Å². The Balaban J connectivity index is 1.71. The molecule has 0 aliphatic heterocycles. The van der Waals surface area contributed by atoms with Crippen molar-refractivity contribution in [1.29, 1.82) is 0 Å². The van der Waals surface area contributed by atoms with Crippen molar-refractivity contribution in [2.45, 2.75) is 13.0 Å². The van der Waals surface area contributed by atoms with E-state index in [-0.39, 0.29) is 18.4 Å². The van der Waals surface area contributed by atoms with Gasteiger partial charge in [0.05, 0.1) is 14.2 Å². The molecule has 8 heteroatoms. The summed E-state index contributed by atoms with van der Waals surface area (Å²) in [6.45, 7) is 0.0375. The molecule has 0 saturated carbocycles. The van der Waals surface area contributed by atoms with Gasteiger partial charge in [-0.25, -0.2) is 0 Å². The zero-order chi connectivity index (χ0) is 19.9. The standard InChI is InChI=1S/C20H21N3O5/c1-26-15-6-7-17(27-2)16(11-15)13-4-3-5-14(10-13)20(25)21-9-8-18-22-19(12-24)28-23-18/h3-7,10-11,24H,8-9,12H2,1-2H3,(H,21,25). The third-order valence-electron chi connectivity index (χ3n) is 4.12. The highest BCUT2D eigenvalue weighted by Crippen LogP contribution is 2.33. The number of nitrogens with one attached hydrogen (secondary N) is 1. The van der Waals surface area contributed by atoms with E-state index in [1.54, 1.807) is 26.4 Å². The highest BCUT2D eigenvalue weighted by Gasteiger charge is 2.12. The first-order chi connectivity index (χ1) is 13.6. The number of methoxy groups -OCH3 is 2. The molecule has 0 saturated heterocycles. The molecule has 2 N–H and O–H groups in total. The smallest absolute Gasteiger partial charge is 0.252 e. The van der Waals surface area contributed by atoms with Crippen molar-refractivity contribution in [1.82, 2.24) is 15.5 Å². The zero-order valence-electron chi connectivity index (χ0n) is 15.6. The van der Waals surface area contributed by atoms with Crippen LogP contribution in [-0.2, 0) is 13.0 Å². The SMILES string of the molecule is COc1ccc(OC)c(-c2cccc(C(=O)NCCc3noc(CO)n3)c2)c1. The van der Waals surface area contributed by atoms with E-state index in [0.717, 1.165) is 11.1 Å². The number of aliphatic hydroxyl groups excluding tert-OH is 1. The molecule has 28 heavy (non-hydrogen) atoms. The lowest BCUT2D eigenvalue weighted by molar-refractivity contribution is 0.0954. The predicted octanol–water partition coefficient (Wildman–Crippen LogP) is 2.22. The monoisotopic (exact) mass is 383 g/mol. The van der Waals surface area contributed by atoms with Gasteiger partial charge in [-0.15, -0.1) is 0 Å². The van der Waals surface area contributed by atoms with Gasteiger partial charge in [0.25, 0.3) is 11.8 Å². The van der Waals surface area contributed by atoms with E-state index in [0.29, 0.717) is 35.9 Å². The molecule has 0 unspecified atom stereocenters. The van der Waals surface area contributed by atoms with Crippen molar-refractivity contribution >= 4 is 5.91 Å². The van der Waals surface area contributed by atoms with Gasteiger partial charge < -0.3 is 24.4 Å². The topological polar surface area (TPSA) is 107 Å². The van der Waals surface area contributed by atoms with Crippen LogP contribution in [0.5, 0.6) is 11.5 Å². The molecule has 0 radical (unpaired) electrons. The van der Waals surface area contributed by atoms with Crippen LogP contribution < -0.4 is 14.8 Å². The number of amides is 1. The summed E-state index contributed by atoms with van der Waals surface area (Å²) in [5.41, 5.74) is 2.19. The van der Waals surface area contributed by atoms with Gasteiger partial charge in [0, 0.05) is 24.1 Å². The molecule has 1 amide bonds. The van der Waals surface area contributed by atoms with E-state index in [4.69, 9.17) is 19.1 Å². The van der Waals surface area contributed by atoms with Gasteiger partial charge in [-0.05, 0) is 35.9 Å². The fourth-order valence-electron chi connectivity index (χ4n) is 2.71. The molecular weight excluding hydrogens is 362 g/mol. The van der Waals surface area contributed by atoms with E-state index in [9.17, 15) is 4.79 Å². The molecule has 2 aromatic carbocycles. The molecule has 0 bridgehead atoms. The molecule has 146 valence electrons. The second kappa shape index (κ2) is 9.01. The molecule has 0 aliphatic rings. The maximum absolute atomic E-state index is 12.5. The van der Waals surface area contributed by atoms with Crippen molar-refractivity contribution in [3.8, 4) is 22.6 Å². The first kappa shape index (κ1) is 19.4. The Labute approximate surface area is 162 Å².